The average molecular weight is 338 g/mol. The first kappa shape index (κ1) is 16.5. The molecule has 0 unspecified atom stereocenters. The SMILES string of the molecule is Cc1cc(NC(=O)Cn2c(=O)n(C)c3ccccc32)n(CCC#N)n1. The summed E-state index contributed by atoms with van der Waals surface area (Å²) in [6.07, 6.45) is 0.298. The lowest BCUT2D eigenvalue weighted by molar-refractivity contribution is -0.116. The van der Waals surface area contributed by atoms with Crippen LogP contribution in [-0.4, -0.2) is 24.8 Å². The molecule has 8 nitrogen and oxygen atoms in total. The molecule has 1 aromatic carbocycles. The predicted octanol–water partition coefficient (Wildman–Crippen LogP) is 1.40. The second-order valence-corrected chi connectivity index (χ2v) is 5.77. The summed E-state index contributed by atoms with van der Waals surface area (Å²) >= 11 is 0. The fraction of sp³-hybridized carbons (Fsp3) is 0.294. The van der Waals surface area contributed by atoms with E-state index in [9.17, 15) is 9.59 Å². The van der Waals surface area contributed by atoms with Gasteiger partial charge in [-0.1, -0.05) is 12.1 Å². The van der Waals surface area contributed by atoms with Crippen molar-refractivity contribution in [2.75, 3.05) is 5.32 Å². The monoisotopic (exact) mass is 338 g/mol. The molecule has 3 rings (SSSR count). The molecule has 1 N–H and O–H groups in total. The van der Waals surface area contributed by atoms with Gasteiger partial charge in [-0.15, -0.1) is 0 Å². The Balaban J connectivity index is 1.84. The van der Waals surface area contributed by atoms with E-state index in [1.807, 2.05) is 31.2 Å². The number of nitrogens with zero attached hydrogens (tertiary/aromatic N) is 5. The van der Waals surface area contributed by atoms with Crippen LogP contribution in [0.1, 0.15) is 12.1 Å². The largest absolute Gasteiger partial charge is 0.329 e. The molecular formula is C17H18N6O2. The molecule has 8 heteroatoms. The number of nitriles is 1. The number of anilines is 1. The Hall–Kier alpha value is -3.34. The molecule has 0 radical (unpaired) electrons. The maximum absolute atomic E-state index is 12.4. The number of para-hydroxylation sites is 2. The highest BCUT2D eigenvalue weighted by molar-refractivity contribution is 5.91. The van der Waals surface area contributed by atoms with E-state index < -0.39 is 0 Å². The first-order chi connectivity index (χ1) is 12.0. The van der Waals surface area contributed by atoms with Crippen LogP contribution in [0.3, 0.4) is 0 Å². The summed E-state index contributed by atoms with van der Waals surface area (Å²) in [5.74, 6) is 0.197. The van der Waals surface area contributed by atoms with Gasteiger partial charge in [-0.25, -0.2) is 9.48 Å². The van der Waals surface area contributed by atoms with Crippen molar-refractivity contribution >= 4 is 22.8 Å². The van der Waals surface area contributed by atoms with Crippen molar-refractivity contribution in [3.8, 4) is 6.07 Å². The molecule has 128 valence electrons. The summed E-state index contributed by atoms with van der Waals surface area (Å²) < 4.78 is 4.54. The summed E-state index contributed by atoms with van der Waals surface area (Å²) in [7, 11) is 1.68. The number of hydrogen-bond donors (Lipinski definition) is 1. The lowest BCUT2D eigenvalue weighted by atomic mass is 10.3. The minimum atomic E-state index is -0.323. The van der Waals surface area contributed by atoms with Gasteiger partial charge in [0.25, 0.3) is 0 Å². The van der Waals surface area contributed by atoms with E-state index >= 15 is 0 Å². The van der Waals surface area contributed by atoms with Crippen LogP contribution < -0.4 is 11.0 Å². The number of imidazole rings is 1. The van der Waals surface area contributed by atoms with Gasteiger partial charge < -0.3 is 5.32 Å². The quantitative estimate of drug-likeness (QED) is 0.760. The first-order valence-corrected chi connectivity index (χ1v) is 7.86. The highest BCUT2D eigenvalue weighted by Gasteiger charge is 2.15. The average Bonchev–Trinajstić information content (AvgIpc) is 3.06. The molecule has 0 spiro atoms. The van der Waals surface area contributed by atoms with Crippen LogP contribution in [0, 0.1) is 18.3 Å². The minimum Gasteiger partial charge on any atom is -0.309 e. The highest BCUT2D eigenvalue weighted by atomic mass is 16.2. The normalized spacial score (nSPS) is 10.8. The summed E-state index contributed by atoms with van der Waals surface area (Å²) in [5, 5.41) is 15.7. The predicted molar refractivity (Wildman–Crippen MR) is 93.0 cm³/mol. The number of carbonyl (C=O) groups excluding carboxylic acids is 1. The fourth-order valence-corrected chi connectivity index (χ4v) is 2.81. The number of fused-ring (bicyclic) bond motifs is 1. The van der Waals surface area contributed by atoms with Gasteiger partial charge >= 0.3 is 5.69 Å². The highest BCUT2D eigenvalue weighted by Crippen LogP contribution is 2.13. The van der Waals surface area contributed by atoms with Crippen molar-refractivity contribution in [1.29, 1.82) is 5.26 Å². The van der Waals surface area contributed by atoms with Crippen LogP contribution in [0.15, 0.2) is 35.1 Å². The van der Waals surface area contributed by atoms with E-state index in [0.29, 0.717) is 24.3 Å². The molecule has 3 aromatic rings. The summed E-state index contributed by atoms with van der Waals surface area (Å²) in [4.78, 5) is 24.8. The number of aromatic nitrogens is 4. The Morgan fingerprint density at radius 1 is 1.32 bits per heavy atom. The van der Waals surface area contributed by atoms with Crippen LogP contribution in [0.25, 0.3) is 11.0 Å². The number of amides is 1. The number of hydrogen-bond acceptors (Lipinski definition) is 4. The van der Waals surface area contributed by atoms with Crippen LogP contribution in [0.4, 0.5) is 5.82 Å². The Labute approximate surface area is 143 Å². The zero-order valence-corrected chi connectivity index (χ0v) is 14.1. The zero-order valence-electron chi connectivity index (χ0n) is 14.1. The molecule has 2 aromatic heterocycles. The molecule has 0 saturated heterocycles. The van der Waals surface area contributed by atoms with E-state index in [2.05, 4.69) is 16.5 Å². The molecule has 0 saturated carbocycles. The third-order valence-electron chi connectivity index (χ3n) is 3.96. The van der Waals surface area contributed by atoms with Gasteiger partial charge in [-0.05, 0) is 19.1 Å². The third-order valence-corrected chi connectivity index (χ3v) is 3.96. The molecule has 0 aliphatic rings. The van der Waals surface area contributed by atoms with Gasteiger partial charge in [0.15, 0.2) is 0 Å². The number of aryl methyl sites for hydroxylation is 3. The van der Waals surface area contributed by atoms with Crippen LogP contribution in [-0.2, 0) is 24.9 Å². The lowest BCUT2D eigenvalue weighted by Gasteiger charge is -2.08. The van der Waals surface area contributed by atoms with Gasteiger partial charge in [-0.3, -0.25) is 13.9 Å². The van der Waals surface area contributed by atoms with Gasteiger partial charge in [-0.2, -0.15) is 10.4 Å². The summed E-state index contributed by atoms with van der Waals surface area (Å²) in [6.45, 7) is 2.12. The number of nitrogens with one attached hydrogen (secondary N) is 1. The van der Waals surface area contributed by atoms with Crippen LogP contribution in [0.5, 0.6) is 0 Å². The van der Waals surface area contributed by atoms with Crippen molar-refractivity contribution in [2.45, 2.75) is 26.4 Å². The lowest BCUT2D eigenvalue weighted by Crippen LogP contribution is -2.29. The maximum Gasteiger partial charge on any atom is 0.329 e. The van der Waals surface area contributed by atoms with Gasteiger partial charge in [0, 0.05) is 13.1 Å². The third kappa shape index (κ3) is 3.17. The smallest absolute Gasteiger partial charge is 0.309 e. The molecule has 1 amide bonds. The van der Waals surface area contributed by atoms with Crippen LogP contribution >= 0.6 is 0 Å². The van der Waals surface area contributed by atoms with Crippen molar-refractivity contribution in [3.05, 3.63) is 46.5 Å². The second-order valence-electron chi connectivity index (χ2n) is 5.77. The zero-order chi connectivity index (χ0) is 18.0. The molecule has 0 aliphatic heterocycles. The molecule has 0 atom stereocenters. The van der Waals surface area contributed by atoms with E-state index in [1.165, 1.54) is 9.13 Å². The van der Waals surface area contributed by atoms with E-state index in [1.54, 1.807) is 17.8 Å². The van der Waals surface area contributed by atoms with Crippen LogP contribution in [0.2, 0.25) is 0 Å². The van der Waals surface area contributed by atoms with E-state index in [0.717, 1.165) is 11.2 Å². The number of benzene rings is 1. The molecular weight excluding hydrogens is 320 g/mol. The topological polar surface area (TPSA) is 97.6 Å². The van der Waals surface area contributed by atoms with Gasteiger partial charge in [0.05, 0.1) is 35.8 Å². The van der Waals surface area contributed by atoms with Crippen molar-refractivity contribution < 1.29 is 4.79 Å². The molecule has 25 heavy (non-hydrogen) atoms. The van der Waals surface area contributed by atoms with E-state index in [4.69, 9.17) is 5.26 Å². The van der Waals surface area contributed by atoms with Gasteiger partial charge in [0.1, 0.15) is 12.4 Å². The first-order valence-electron chi connectivity index (χ1n) is 7.86. The standard InChI is InChI=1S/C17H18N6O2/c1-12-10-15(23(20-12)9-5-8-18)19-16(24)11-22-14-7-4-3-6-13(14)21(2)17(22)25/h3-4,6-7,10H,5,9,11H2,1-2H3,(H,19,24). The minimum absolute atomic E-state index is 0.0946. The Bertz CT molecular complexity index is 1030. The van der Waals surface area contributed by atoms with E-state index in [-0.39, 0.29) is 18.1 Å². The molecule has 2 heterocycles. The Morgan fingerprint density at radius 3 is 2.76 bits per heavy atom. The second kappa shape index (κ2) is 6.65. The van der Waals surface area contributed by atoms with Crippen molar-refractivity contribution in [1.82, 2.24) is 18.9 Å². The maximum atomic E-state index is 12.4. The Kier molecular flexibility index (Phi) is 4.39. The number of carbonyl (C=O) groups is 1. The van der Waals surface area contributed by atoms with Crippen molar-refractivity contribution in [3.63, 3.8) is 0 Å². The fourth-order valence-electron chi connectivity index (χ4n) is 2.81. The molecule has 0 fully saturated rings. The van der Waals surface area contributed by atoms with Crippen molar-refractivity contribution in [2.24, 2.45) is 7.05 Å². The summed E-state index contributed by atoms with van der Waals surface area (Å²) in [6, 6.07) is 11.1. The van der Waals surface area contributed by atoms with Gasteiger partial charge in [0.2, 0.25) is 5.91 Å². The Morgan fingerprint density at radius 2 is 2.04 bits per heavy atom. The molecule has 0 bridgehead atoms. The molecule has 0 aliphatic carbocycles. The number of rotatable bonds is 5. The summed E-state index contributed by atoms with van der Waals surface area (Å²) in [5.41, 5.74) is 1.98.